The Morgan fingerprint density at radius 2 is 1.73 bits per heavy atom. The maximum Gasteiger partial charge on any atom is 0.191 e. The minimum atomic E-state index is -3.20. The largest absolute Gasteiger partial charge is 0.492 e. The van der Waals surface area contributed by atoms with Gasteiger partial charge in [0.1, 0.15) is 18.2 Å². The minimum Gasteiger partial charge on any atom is -0.492 e. The summed E-state index contributed by atoms with van der Waals surface area (Å²) in [5.74, 6) is 0.928. The number of ether oxygens (including phenoxy) is 1. The molecule has 0 saturated heterocycles. The molecule has 0 aliphatic carbocycles. The van der Waals surface area contributed by atoms with Crippen LogP contribution in [0.25, 0.3) is 0 Å². The third-order valence-corrected chi connectivity index (χ3v) is 4.64. The van der Waals surface area contributed by atoms with E-state index in [1.807, 2.05) is 0 Å². The van der Waals surface area contributed by atoms with Crippen LogP contribution >= 0.6 is 0 Å². The van der Waals surface area contributed by atoms with Crippen molar-refractivity contribution in [2.75, 3.05) is 26.5 Å². The van der Waals surface area contributed by atoms with E-state index in [0.29, 0.717) is 31.4 Å². The number of aliphatic imine (C=N–C) groups is 1. The Kier molecular flexibility index (Phi) is 6.97. The second kappa shape index (κ2) is 9.19. The highest BCUT2D eigenvalue weighted by Gasteiger charge is 2.06. The van der Waals surface area contributed by atoms with Crippen LogP contribution in [-0.4, -0.2) is 40.8 Å². The summed E-state index contributed by atoms with van der Waals surface area (Å²) >= 11 is 0. The molecule has 0 amide bonds. The van der Waals surface area contributed by atoms with Crippen LogP contribution in [0.1, 0.15) is 5.56 Å². The number of halogens is 1. The first-order chi connectivity index (χ1) is 12.4. The minimum absolute atomic E-state index is 0.258. The Morgan fingerprint density at radius 1 is 1.08 bits per heavy atom. The molecule has 2 rings (SSSR count). The van der Waals surface area contributed by atoms with E-state index < -0.39 is 9.84 Å². The van der Waals surface area contributed by atoms with Gasteiger partial charge in [0.05, 0.1) is 11.4 Å². The fraction of sp³-hybridized carbons (Fsp3) is 0.278. The van der Waals surface area contributed by atoms with Crippen LogP contribution in [0.5, 0.6) is 5.75 Å². The van der Waals surface area contributed by atoms with Crippen LogP contribution in [0.2, 0.25) is 0 Å². The maximum absolute atomic E-state index is 12.9. The van der Waals surface area contributed by atoms with Gasteiger partial charge in [-0.2, -0.15) is 0 Å². The summed E-state index contributed by atoms with van der Waals surface area (Å²) in [5.41, 5.74) is 0.941. The zero-order valence-corrected chi connectivity index (χ0v) is 15.5. The van der Waals surface area contributed by atoms with Gasteiger partial charge in [-0.1, -0.05) is 12.1 Å². The molecule has 2 aromatic carbocycles. The van der Waals surface area contributed by atoms with Crippen molar-refractivity contribution in [2.24, 2.45) is 4.99 Å². The van der Waals surface area contributed by atoms with Gasteiger partial charge in [-0.3, -0.25) is 4.99 Å². The first-order valence-corrected chi connectivity index (χ1v) is 9.89. The molecule has 0 aliphatic heterocycles. The number of nitrogens with one attached hydrogen (secondary N) is 2. The van der Waals surface area contributed by atoms with Crippen molar-refractivity contribution in [1.29, 1.82) is 0 Å². The summed E-state index contributed by atoms with van der Waals surface area (Å²) in [5, 5.41) is 6.22. The first kappa shape index (κ1) is 19.7. The Balaban J connectivity index is 1.73. The molecule has 26 heavy (non-hydrogen) atoms. The van der Waals surface area contributed by atoms with E-state index in [-0.39, 0.29) is 10.7 Å². The molecule has 2 aromatic rings. The number of hydrogen-bond donors (Lipinski definition) is 2. The van der Waals surface area contributed by atoms with E-state index in [1.165, 1.54) is 24.3 Å². The fourth-order valence-corrected chi connectivity index (χ4v) is 2.76. The molecule has 0 spiro atoms. The van der Waals surface area contributed by atoms with Crippen molar-refractivity contribution in [3.8, 4) is 5.75 Å². The van der Waals surface area contributed by atoms with Crippen LogP contribution < -0.4 is 15.4 Å². The second-order valence-corrected chi connectivity index (χ2v) is 7.59. The normalized spacial score (nSPS) is 11.9. The number of hydrogen-bond acceptors (Lipinski definition) is 4. The lowest BCUT2D eigenvalue weighted by Crippen LogP contribution is -2.38. The molecule has 6 nitrogen and oxygen atoms in total. The average molecular weight is 379 g/mol. The summed E-state index contributed by atoms with van der Waals surface area (Å²) in [6.45, 7) is 1.42. The predicted octanol–water partition coefficient (Wildman–Crippen LogP) is 1.97. The highest BCUT2D eigenvalue weighted by atomic mass is 32.2. The van der Waals surface area contributed by atoms with Gasteiger partial charge in [0.25, 0.3) is 0 Å². The quantitative estimate of drug-likeness (QED) is 0.437. The monoisotopic (exact) mass is 379 g/mol. The number of benzene rings is 2. The number of guanidine groups is 1. The molecule has 0 aromatic heterocycles. The maximum atomic E-state index is 12.9. The lowest BCUT2D eigenvalue weighted by molar-refractivity contribution is 0.321. The van der Waals surface area contributed by atoms with Crippen LogP contribution in [0.4, 0.5) is 4.39 Å². The van der Waals surface area contributed by atoms with Gasteiger partial charge in [0, 0.05) is 19.8 Å². The van der Waals surface area contributed by atoms with Crippen molar-refractivity contribution in [2.45, 2.75) is 11.4 Å². The summed E-state index contributed by atoms with van der Waals surface area (Å²) in [7, 11) is -1.55. The summed E-state index contributed by atoms with van der Waals surface area (Å²) in [4.78, 5) is 4.36. The molecule has 0 bridgehead atoms. The smallest absolute Gasteiger partial charge is 0.191 e. The molecule has 140 valence electrons. The molecule has 8 heteroatoms. The standard InChI is InChI=1S/C18H22FN3O3S/c1-20-18(22-13-14-3-5-15(19)6-4-14)21-11-12-25-16-7-9-17(10-8-16)26(2,23)24/h3-10H,11-13H2,1-2H3,(H2,20,21,22). The predicted molar refractivity (Wildman–Crippen MR) is 99.6 cm³/mol. The molecule has 0 unspecified atom stereocenters. The molecule has 0 aliphatic rings. The Hall–Kier alpha value is -2.61. The average Bonchev–Trinajstić information content (AvgIpc) is 2.62. The van der Waals surface area contributed by atoms with Gasteiger partial charge < -0.3 is 15.4 Å². The lowest BCUT2D eigenvalue weighted by atomic mass is 10.2. The molecular weight excluding hydrogens is 357 g/mol. The van der Waals surface area contributed by atoms with Gasteiger partial charge in [-0.25, -0.2) is 12.8 Å². The zero-order valence-electron chi connectivity index (χ0n) is 14.7. The van der Waals surface area contributed by atoms with E-state index in [1.54, 1.807) is 31.3 Å². The third-order valence-electron chi connectivity index (χ3n) is 3.51. The van der Waals surface area contributed by atoms with Crippen molar-refractivity contribution in [3.05, 3.63) is 59.9 Å². The number of rotatable bonds is 7. The molecular formula is C18H22FN3O3S. The van der Waals surface area contributed by atoms with E-state index >= 15 is 0 Å². The highest BCUT2D eigenvalue weighted by Crippen LogP contribution is 2.15. The van der Waals surface area contributed by atoms with Gasteiger partial charge in [0.2, 0.25) is 0 Å². The zero-order chi connectivity index (χ0) is 19.0. The van der Waals surface area contributed by atoms with Crippen LogP contribution in [-0.2, 0) is 16.4 Å². The summed E-state index contributed by atoms with van der Waals surface area (Å²) < 4.78 is 41.2. The first-order valence-electron chi connectivity index (χ1n) is 8.00. The fourth-order valence-electron chi connectivity index (χ4n) is 2.13. The van der Waals surface area contributed by atoms with Crippen molar-refractivity contribution < 1.29 is 17.5 Å². The molecule has 0 fully saturated rings. The highest BCUT2D eigenvalue weighted by molar-refractivity contribution is 7.90. The lowest BCUT2D eigenvalue weighted by Gasteiger charge is -2.12. The third kappa shape index (κ3) is 6.36. The Morgan fingerprint density at radius 3 is 2.31 bits per heavy atom. The van der Waals surface area contributed by atoms with Crippen LogP contribution in [0.15, 0.2) is 58.4 Å². The molecule has 0 saturated carbocycles. The van der Waals surface area contributed by atoms with Crippen molar-refractivity contribution in [3.63, 3.8) is 0 Å². The molecule has 0 atom stereocenters. The Labute approximate surface area is 153 Å². The Bertz CT molecular complexity index is 835. The summed E-state index contributed by atoms with van der Waals surface area (Å²) in [6, 6.07) is 12.5. The van der Waals surface area contributed by atoms with E-state index in [2.05, 4.69) is 15.6 Å². The molecule has 0 heterocycles. The van der Waals surface area contributed by atoms with Crippen LogP contribution in [0, 0.1) is 5.82 Å². The number of sulfone groups is 1. The van der Waals surface area contributed by atoms with Gasteiger partial charge in [-0.05, 0) is 42.0 Å². The van der Waals surface area contributed by atoms with Crippen molar-refractivity contribution in [1.82, 2.24) is 10.6 Å². The van der Waals surface area contributed by atoms with Crippen LogP contribution in [0.3, 0.4) is 0 Å². The van der Waals surface area contributed by atoms with Gasteiger partial charge >= 0.3 is 0 Å². The number of nitrogens with zero attached hydrogens (tertiary/aromatic N) is 1. The topological polar surface area (TPSA) is 79.8 Å². The van der Waals surface area contributed by atoms with E-state index in [0.717, 1.165) is 11.8 Å². The van der Waals surface area contributed by atoms with Crippen molar-refractivity contribution >= 4 is 15.8 Å². The molecule has 2 N–H and O–H groups in total. The molecule has 0 radical (unpaired) electrons. The van der Waals surface area contributed by atoms with Gasteiger partial charge in [0.15, 0.2) is 15.8 Å². The van der Waals surface area contributed by atoms with E-state index in [4.69, 9.17) is 4.74 Å². The van der Waals surface area contributed by atoms with E-state index in [9.17, 15) is 12.8 Å². The van der Waals surface area contributed by atoms with Gasteiger partial charge in [-0.15, -0.1) is 0 Å². The second-order valence-electron chi connectivity index (χ2n) is 5.57. The SMILES string of the molecule is CN=C(NCCOc1ccc(S(C)(=O)=O)cc1)NCc1ccc(F)cc1. The summed E-state index contributed by atoms with van der Waals surface area (Å²) in [6.07, 6.45) is 1.16.